The van der Waals surface area contributed by atoms with Crippen molar-refractivity contribution in [3.63, 3.8) is 0 Å². The van der Waals surface area contributed by atoms with E-state index in [1.165, 1.54) is 5.56 Å². The molecular formula is C21H26N2O3S. The molecule has 0 saturated heterocycles. The lowest BCUT2D eigenvalue weighted by Gasteiger charge is -2.28. The Balaban J connectivity index is 2.06. The molecule has 2 rings (SSSR count). The highest BCUT2D eigenvalue weighted by atomic mass is 32.2. The van der Waals surface area contributed by atoms with E-state index < -0.39 is 6.04 Å². The third-order valence-corrected chi connectivity index (χ3v) is 5.23. The maximum Gasteiger partial charge on any atom is 0.242 e. The van der Waals surface area contributed by atoms with Crippen LogP contribution in [0.5, 0.6) is 5.75 Å². The SMILES string of the molecule is CNC(=O)C(C)N(Cc1cccc(OC)c1)C(=O)CSCc1ccccc1. The van der Waals surface area contributed by atoms with Gasteiger partial charge in [0.05, 0.1) is 12.9 Å². The van der Waals surface area contributed by atoms with Gasteiger partial charge in [-0.05, 0) is 30.2 Å². The number of carbonyl (C=O) groups excluding carboxylic acids is 2. The smallest absolute Gasteiger partial charge is 0.242 e. The summed E-state index contributed by atoms with van der Waals surface area (Å²) in [6.45, 7) is 2.11. The van der Waals surface area contributed by atoms with Crippen LogP contribution in [0.15, 0.2) is 54.6 Å². The number of likely N-dealkylation sites (N-methyl/N-ethyl adjacent to an activating group) is 1. The molecule has 1 N–H and O–H groups in total. The second-order valence-electron chi connectivity index (χ2n) is 6.14. The van der Waals surface area contributed by atoms with Crippen molar-refractivity contribution in [1.82, 2.24) is 10.2 Å². The van der Waals surface area contributed by atoms with E-state index in [2.05, 4.69) is 5.32 Å². The van der Waals surface area contributed by atoms with Crippen LogP contribution in [-0.4, -0.2) is 42.7 Å². The zero-order valence-electron chi connectivity index (χ0n) is 16.0. The molecule has 2 aromatic rings. The standard InChI is InChI=1S/C21H26N2O3S/c1-16(21(25)22-2)23(13-18-10-7-11-19(12-18)26-3)20(24)15-27-14-17-8-5-4-6-9-17/h4-12,16H,13-15H2,1-3H3,(H,22,25). The summed E-state index contributed by atoms with van der Waals surface area (Å²) < 4.78 is 5.25. The summed E-state index contributed by atoms with van der Waals surface area (Å²) in [6.07, 6.45) is 0. The van der Waals surface area contributed by atoms with Crippen LogP contribution < -0.4 is 10.1 Å². The largest absolute Gasteiger partial charge is 0.497 e. The number of amides is 2. The van der Waals surface area contributed by atoms with Crippen molar-refractivity contribution in [3.8, 4) is 5.75 Å². The van der Waals surface area contributed by atoms with Crippen molar-refractivity contribution in [2.45, 2.75) is 25.3 Å². The summed E-state index contributed by atoms with van der Waals surface area (Å²) in [7, 11) is 3.19. The van der Waals surface area contributed by atoms with Crippen LogP contribution in [0.3, 0.4) is 0 Å². The molecule has 0 aliphatic carbocycles. The molecule has 0 aliphatic heterocycles. The van der Waals surface area contributed by atoms with Crippen molar-refractivity contribution in [2.24, 2.45) is 0 Å². The normalized spacial score (nSPS) is 11.5. The van der Waals surface area contributed by atoms with Gasteiger partial charge >= 0.3 is 0 Å². The Morgan fingerprint density at radius 2 is 1.81 bits per heavy atom. The summed E-state index contributed by atoms with van der Waals surface area (Å²) in [5, 5.41) is 2.63. The van der Waals surface area contributed by atoms with Crippen LogP contribution in [0, 0.1) is 0 Å². The fourth-order valence-corrected chi connectivity index (χ4v) is 3.54. The zero-order valence-corrected chi connectivity index (χ0v) is 16.8. The lowest BCUT2D eigenvalue weighted by Crippen LogP contribution is -2.47. The van der Waals surface area contributed by atoms with E-state index in [4.69, 9.17) is 4.74 Å². The van der Waals surface area contributed by atoms with Crippen molar-refractivity contribution >= 4 is 23.6 Å². The molecule has 5 nitrogen and oxygen atoms in total. The molecule has 2 aromatic carbocycles. The highest BCUT2D eigenvalue weighted by molar-refractivity contribution is 7.99. The van der Waals surface area contributed by atoms with Gasteiger partial charge < -0.3 is 15.0 Å². The van der Waals surface area contributed by atoms with E-state index in [1.807, 2.05) is 54.6 Å². The number of carbonyl (C=O) groups is 2. The number of methoxy groups -OCH3 is 1. The monoisotopic (exact) mass is 386 g/mol. The van der Waals surface area contributed by atoms with Crippen LogP contribution in [0.25, 0.3) is 0 Å². The molecule has 0 fully saturated rings. The number of thioether (sulfide) groups is 1. The van der Waals surface area contributed by atoms with Gasteiger partial charge in [-0.3, -0.25) is 9.59 Å². The average Bonchev–Trinajstić information content (AvgIpc) is 2.71. The number of rotatable bonds is 9. The summed E-state index contributed by atoms with van der Waals surface area (Å²) in [5.74, 6) is 1.56. The van der Waals surface area contributed by atoms with Crippen molar-refractivity contribution in [2.75, 3.05) is 19.9 Å². The molecule has 0 heterocycles. The molecule has 27 heavy (non-hydrogen) atoms. The predicted molar refractivity (Wildman–Crippen MR) is 110 cm³/mol. The molecule has 0 spiro atoms. The van der Waals surface area contributed by atoms with Crippen LogP contribution in [0.2, 0.25) is 0 Å². The van der Waals surface area contributed by atoms with Gasteiger partial charge in [0, 0.05) is 19.3 Å². The quantitative estimate of drug-likeness (QED) is 0.719. The first-order valence-electron chi connectivity index (χ1n) is 8.80. The Morgan fingerprint density at radius 3 is 2.48 bits per heavy atom. The summed E-state index contributed by atoms with van der Waals surface area (Å²) in [4.78, 5) is 26.6. The zero-order chi connectivity index (χ0) is 19.6. The maximum atomic E-state index is 12.8. The van der Waals surface area contributed by atoms with Crippen molar-refractivity contribution in [1.29, 1.82) is 0 Å². The van der Waals surface area contributed by atoms with Crippen molar-refractivity contribution < 1.29 is 14.3 Å². The fraction of sp³-hybridized carbons (Fsp3) is 0.333. The summed E-state index contributed by atoms with van der Waals surface area (Å²) in [6, 6.07) is 17.0. The van der Waals surface area contributed by atoms with Gasteiger partial charge in [0.2, 0.25) is 11.8 Å². The summed E-state index contributed by atoms with van der Waals surface area (Å²) >= 11 is 1.55. The Morgan fingerprint density at radius 1 is 1.11 bits per heavy atom. The highest BCUT2D eigenvalue weighted by Gasteiger charge is 2.25. The Hall–Kier alpha value is -2.47. The lowest BCUT2D eigenvalue weighted by atomic mass is 10.1. The number of nitrogens with zero attached hydrogens (tertiary/aromatic N) is 1. The molecule has 0 saturated carbocycles. The molecule has 1 atom stereocenters. The predicted octanol–water partition coefficient (Wildman–Crippen LogP) is 3.09. The second kappa shape index (κ2) is 10.6. The Kier molecular flexibility index (Phi) is 8.20. The molecule has 2 amide bonds. The van der Waals surface area contributed by atoms with Crippen LogP contribution >= 0.6 is 11.8 Å². The minimum atomic E-state index is -0.550. The highest BCUT2D eigenvalue weighted by Crippen LogP contribution is 2.18. The van der Waals surface area contributed by atoms with E-state index in [1.54, 1.807) is 37.7 Å². The lowest BCUT2D eigenvalue weighted by molar-refractivity contribution is -0.138. The topological polar surface area (TPSA) is 58.6 Å². The van der Waals surface area contributed by atoms with E-state index in [0.29, 0.717) is 12.3 Å². The number of benzene rings is 2. The molecule has 0 radical (unpaired) electrons. The van der Waals surface area contributed by atoms with Gasteiger partial charge in [-0.1, -0.05) is 42.5 Å². The fourth-order valence-electron chi connectivity index (χ4n) is 2.67. The molecule has 1 unspecified atom stereocenters. The van der Waals surface area contributed by atoms with E-state index >= 15 is 0 Å². The Bertz CT molecular complexity index is 752. The third kappa shape index (κ3) is 6.32. The van der Waals surface area contributed by atoms with E-state index in [0.717, 1.165) is 17.1 Å². The van der Waals surface area contributed by atoms with Crippen molar-refractivity contribution in [3.05, 3.63) is 65.7 Å². The van der Waals surface area contributed by atoms with Gasteiger partial charge in [0.15, 0.2) is 0 Å². The minimum Gasteiger partial charge on any atom is -0.497 e. The molecular weight excluding hydrogens is 360 g/mol. The minimum absolute atomic E-state index is 0.0603. The first kappa shape index (κ1) is 20.8. The first-order chi connectivity index (χ1) is 13.0. The molecule has 0 aliphatic rings. The van der Waals surface area contributed by atoms with Crippen LogP contribution in [0.1, 0.15) is 18.1 Å². The first-order valence-corrected chi connectivity index (χ1v) is 9.96. The maximum absolute atomic E-state index is 12.8. The van der Waals surface area contributed by atoms with Gasteiger partial charge in [-0.25, -0.2) is 0 Å². The van der Waals surface area contributed by atoms with Gasteiger partial charge in [0.25, 0.3) is 0 Å². The van der Waals surface area contributed by atoms with E-state index in [-0.39, 0.29) is 11.8 Å². The molecule has 144 valence electrons. The second-order valence-corrected chi connectivity index (χ2v) is 7.13. The van der Waals surface area contributed by atoms with Gasteiger partial charge in [-0.15, -0.1) is 11.8 Å². The van der Waals surface area contributed by atoms with Crippen LogP contribution in [-0.2, 0) is 21.9 Å². The van der Waals surface area contributed by atoms with E-state index in [9.17, 15) is 9.59 Å². The average molecular weight is 387 g/mol. The number of hydrogen-bond donors (Lipinski definition) is 1. The van der Waals surface area contributed by atoms with Gasteiger partial charge in [-0.2, -0.15) is 0 Å². The number of nitrogens with one attached hydrogen (secondary N) is 1. The molecule has 0 bridgehead atoms. The van der Waals surface area contributed by atoms with Crippen LogP contribution in [0.4, 0.5) is 0 Å². The molecule has 6 heteroatoms. The number of ether oxygens (including phenoxy) is 1. The third-order valence-electron chi connectivity index (χ3n) is 4.24. The number of hydrogen-bond acceptors (Lipinski definition) is 4. The van der Waals surface area contributed by atoms with Gasteiger partial charge in [0.1, 0.15) is 11.8 Å². The molecule has 0 aromatic heterocycles. The Labute approximate surface area is 165 Å². The summed E-state index contributed by atoms with van der Waals surface area (Å²) in [5.41, 5.74) is 2.10.